The van der Waals surface area contributed by atoms with Crippen molar-refractivity contribution in [3.8, 4) is 0 Å². The van der Waals surface area contributed by atoms with Gasteiger partial charge in [0.05, 0.1) is 27.7 Å². The Labute approximate surface area is 95.0 Å². The lowest BCUT2D eigenvalue weighted by atomic mass is 10.3. The molecule has 0 spiro atoms. The van der Waals surface area contributed by atoms with Crippen LogP contribution >= 0.6 is 7.60 Å². The lowest BCUT2D eigenvalue weighted by Crippen LogP contribution is -2.46. The van der Waals surface area contributed by atoms with Crippen molar-refractivity contribution in [2.24, 2.45) is 0 Å². The third kappa shape index (κ3) is 5.05. The number of hydroxylamine groups is 2. The summed E-state index contributed by atoms with van der Waals surface area (Å²) in [6.07, 6.45) is 0.0316. The van der Waals surface area contributed by atoms with Crippen molar-refractivity contribution in [2.75, 3.05) is 27.7 Å². The van der Waals surface area contributed by atoms with Gasteiger partial charge in [-0.1, -0.05) is 0 Å². The van der Waals surface area contributed by atoms with Gasteiger partial charge in [0.1, 0.15) is 0 Å². The van der Waals surface area contributed by atoms with Gasteiger partial charge in [-0.2, -0.15) is 0 Å². The number of quaternary nitrogens is 1. The highest BCUT2D eigenvalue weighted by Gasteiger charge is 2.40. The average Bonchev–Trinajstić information content (AvgIpc) is 1.98. The molecule has 0 bridgehead atoms. The molecule has 1 amide bonds. The Morgan fingerprint density at radius 1 is 1.38 bits per heavy atom. The van der Waals surface area contributed by atoms with Crippen molar-refractivity contribution in [1.29, 1.82) is 0 Å². The highest BCUT2D eigenvalue weighted by molar-refractivity contribution is 7.52. The van der Waals surface area contributed by atoms with Crippen LogP contribution in [0.15, 0.2) is 0 Å². The zero-order valence-electron chi connectivity index (χ0n) is 9.99. The molecule has 0 radical (unpaired) electrons. The second-order valence-electron chi connectivity index (χ2n) is 4.62. The van der Waals surface area contributed by atoms with E-state index in [9.17, 15) is 19.1 Å². The van der Waals surface area contributed by atoms with Gasteiger partial charge in [-0.15, -0.1) is 0 Å². The van der Waals surface area contributed by atoms with Crippen LogP contribution in [0.1, 0.15) is 13.3 Å². The number of amides is 1. The topological polar surface area (TPSA) is 98.1 Å². The lowest BCUT2D eigenvalue weighted by Gasteiger charge is -2.34. The summed E-state index contributed by atoms with van der Waals surface area (Å²) < 4.78 is 11.3. The molecule has 3 N–H and O–H groups in total. The Balaban J connectivity index is 4.61. The van der Waals surface area contributed by atoms with Gasteiger partial charge in [0.15, 0.2) is 5.78 Å². The molecule has 0 fully saturated rings. The first-order valence-electron chi connectivity index (χ1n) is 4.79. The molecule has 0 rings (SSSR count). The molecule has 0 saturated heterocycles. The van der Waals surface area contributed by atoms with Crippen LogP contribution in [0, 0.1) is 0 Å². The highest BCUT2D eigenvalue weighted by atomic mass is 31.2. The van der Waals surface area contributed by atoms with Crippen molar-refractivity contribution < 1.29 is 28.8 Å². The minimum Gasteiger partial charge on any atom is -0.320 e. The van der Waals surface area contributed by atoms with Crippen LogP contribution in [-0.2, 0) is 9.36 Å². The van der Waals surface area contributed by atoms with Gasteiger partial charge in [0, 0.05) is 13.3 Å². The number of nitrogens with zero attached hydrogens (tertiary/aromatic N) is 2. The minimum absolute atomic E-state index is 0.0316. The van der Waals surface area contributed by atoms with E-state index in [4.69, 9.17) is 5.21 Å². The molecule has 0 heterocycles. The molecule has 0 aliphatic rings. The highest BCUT2D eigenvalue weighted by Crippen LogP contribution is 2.45. The summed E-state index contributed by atoms with van der Waals surface area (Å²) in [6.45, 7) is 1.08. The molecule has 0 aromatic carbocycles. The number of carbonyl (C=O) groups excluding carboxylic acids is 1. The van der Waals surface area contributed by atoms with Gasteiger partial charge in [-0.25, -0.2) is 5.06 Å². The van der Waals surface area contributed by atoms with Crippen LogP contribution in [0.4, 0.5) is 0 Å². The Bertz CT molecular complexity index is 295. The van der Waals surface area contributed by atoms with E-state index < -0.39 is 19.3 Å². The van der Waals surface area contributed by atoms with Gasteiger partial charge in [0.25, 0.3) is 0 Å². The van der Waals surface area contributed by atoms with Crippen molar-refractivity contribution in [2.45, 2.75) is 19.1 Å². The summed E-state index contributed by atoms with van der Waals surface area (Å²) in [4.78, 5) is 29.1. The van der Waals surface area contributed by atoms with E-state index in [2.05, 4.69) is 0 Å². The van der Waals surface area contributed by atoms with Crippen molar-refractivity contribution in [3.05, 3.63) is 0 Å². The summed E-state index contributed by atoms with van der Waals surface area (Å²) >= 11 is 0. The number of rotatable bonds is 5. The molecule has 8 heteroatoms. The third-order valence-electron chi connectivity index (χ3n) is 2.24. The molecular formula is C8H20N2O5P+. The van der Waals surface area contributed by atoms with E-state index >= 15 is 0 Å². The molecule has 96 valence electrons. The summed E-state index contributed by atoms with van der Waals surface area (Å²) in [5.41, 5.74) is 0. The second-order valence-corrected chi connectivity index (χ2v) is 6.39. The summed E-state index contributed by atoms with van der Waals surface area (Å²) in [5.74, 6) is -1.49. The summed E-state index contributed by atoms with van der Waals surface area (Å²) in [7, 11) is 0.695. The van der Waals surface area contributed by atoms with Crippen LogP contribution < -0.4 is 0 Å². The molecule has 16 heavy (non-hydrogen) atoms. The minimum atomic E-state index is -4.26. The normalized spacial score (nSPS) is 14.7. The molecule has 1 unspecified atom stereocenters. The van der Waals surface area contributed by atoms with Crippen LogP contribution in [0.2, 0.25) is 0 Å². The second kappa shape index (κ2) is 5.25. The van der Waals surface area contributed by atoms with Crippen LogP contribution in [0.25, 0.3) is 0 Å². The maximum atomic E-state index is 11.3. The molecule has 0 saturated carbocycles. The molecule has 0 aliphatic carbocycles. The first-order valence-corrected chi connectivity index (χ1v) is 6.47. The van der Waals surface area contributed by atoms with Gasteiger partial charge < -0.3 is 14.3 Å². The molecule has 0 aliphatic heterocycles. The fraction of sp³-hybridized carbons (Fsp3) is 0.875. The van der Waals surface area contributed by atoms with E-state index in [0.717, 1.165) is 0 Å². The molecule has 7 nitrogen and oxygen atoms in total. The van der Waals surface area contributed by atoms with E-state index in [1.165, 1.54) is 6.92 Å². The Hall–Kier alpha value is -0.460. The molecule has 0 aromatic rings. The van der Waals surface area contributed by atoms with Gasteiger partial charge >= 0.3 is 7.60 Å². The average molecular weight is 255 g/mol. The van der Waals surface area contributed by atoms with Crippen molar-refractivity contribution >= 4 is 13.5 Å². The predicted molar refractivity (Wildman–Crippen MR) is 57.7 cm³/mol. The fourth-order valence-corrected chi connectivity index (χ4v) is 2.76. The van der Waals surface area contributed by atoms with Gasteiger partial charge in [0.2, 0.25) is 5.91 Å². The quantitative estimate of drug-likeness (QED) is 0.274. The Morgan fingerprint density at radius 2 is 1.81 bits per heavy atom. The number of carbonyl (C=O) groups is 1. The lowest BCUT2D eigenvalue weighted by molar-refractivity contribution is -0.883. The SMILES string of the molecule is CC(=O)N(O)CCC([N+](C)(C)C)P(=O)(O)O. The van der Waals surface area contributed by atoms with Crippen LogP contribution in [-0.4, -0.2) is 63.9 Å². The maximum absolute atomic E-state index is 11.3. The van der Waals surface area contributed by atoms with E-state index in [1.54, 1.807) is 21.1 Å². The first-order chi connectivity index (χ1) is 6.96. The summed E-state index contributed by atoms with van der Waals surface area (Å²) in [6, 6.07) is 0. The zero-order valence-corrected chi connectivity index (χ0v) is 10.9. The van der Waals surface area contributed by atoms with E-state index in [-0.39, 0.29) is 17.4 Å². The van der Waals surface area contributed by atoms with Crippen molar-refractivity contribution in [1.82, 2.24) is 5.06 Å². The molecular weight excluding hydrogens is 235 g/mol. The fourth-order valence-electron chi connectivity index (χ4n) is 1.40. The van der Waals surface area contributed by atoms with Gasteiger partial charge in [-0.05, 0) is 0 Å². The van der Waals surface area contributed by atoms with Gasteiger partial charge in [-0.3, -0.25) is 14.6 Å². The number of hydrogen-bond acceptors (Lipinski definition) is 3. The standard InChI is InChI=1S/C8H19N2O5P/c1-7(11)9(12)6-5-8(10(2,3)4)16(13,14)15/h8,12H,5-6H2,1-4H3,(H-,13,14,15)/p+1. The van der Waals surface area contributed by atoms with Crippen LogP contribution in [0.3, 0.4) is 0 Å². The zero-order chi connectivity index (χ0) is 13.1. The molecule has 1 atom stereocenters. The largest absolute Gasteiger partial charge is 0.382 e. The third-order valence-corrected chi connectivity index (χ3v) is 3.97. The Kier molecular flexibility index (Phi) is 5.10. The van der Waals surface area contributed by atoms with Crippen molar-refractivity contribution in [3.63, 3.8) is 0 Å². The first kappa shape index (κ1) is 15.5. The monoisotopic (exact) mass is 255 g/mol. The van der Waals surface area contributed by atoms with Crippen LogP contribution in [0.5, 0.6) is 0 Å². The Morgan fingerprint density at radius 3 is 2.06 bits per heavy atom. The summed E-state index contributed by atoms with van der Waals surface area (Å²) in [5, 5.41) is 9.59. The van der Waals surface area contributed by atoms with E-state index in [0.29, 0.717) is 5.06 Å². The maximum Gasteiger partial charge on any atom is 0.382 e. The predicted octanol–water partition coefficient (Wildman–Crippen LogP) is -0.176. The smallest absolute Gasteiger partial charge is 0.320 e. The molecule has 0 aromatic heterocycles. The van der Waals surface area contributed by atoms with E-state index in [1.807, 2.05) is 0 Å². The number of hydrogen-bond donors (Lipinski definition) is 3.